The molecule has 2 rings (SSSR count). The van der Waals surface area contributed by atoms with Crippen molar-refractivity contribution in [3.8, 4) is 0 Å². The van der Waals surface area contributed by atoms with Gasteiger partial charge < -0.3 is 9.64 Å². The SMILES string of the molecule is CC1CN(C(=O)CCc2ccc(Cl)cc2)CCO1. The molecule has 0 aliphatic carbocycles. The van der Waals surface area contributed by atoms with Crippen LogP contribution in [0.3, 0.4) is 0 Å². The molecule has 0 spiro atoms. The Bertz CT molecular complexity index is 405. The molecule has 98 valence electrons. The van der Waals surface area contributed by atoms with Crippen molar-refractivity contribution in [2.24, 2.45) is 0 Å². The number of halogens is 1. The highest BCUT2D eigenvalue weighted by Gasteiger charge is 2.20. The van der Waals surface area contributed by atoms with E-state index in [1.165, 1.54) is 0 Å². The van der Waals surface area contributed by atoms with Gasteiger partial charge in [-0.15, -0.1) is 0 Å². The maximum Gasteiger partial charge on any atom is 0.223 e. The van der Waals surface area contributed by atoms with Gasteiger partial charge in [0.2, 0.25) is 5.91 Å². The van der Waals surface area contributed by atoms with Crippen LogP contribution in [0.1, 0.15) is 18.9 Å². The Labute approximate surface area is 113 Å². The standard InChI is InChI=1S/C14H18ClNO2/c1-11-10-16(8-9-18-11)14(17)7-4-12-2-5-13(15)6-3-12/h2-3,5-6,11H,4,7-10H2,1H3. The fourth-order valence-corrected chi connectivity index (χ4v) is 2.23. The van der Waals surface area contributed by atoms with Gasteiger partial charge in [-0.05, 0) is 31.0 Å². The molecular formula is C14H18ClNO2. The number of nitrogens with zero attached hydrogens (tertiary/aromatic N) is 1. The molecule has 0 aromatic heterocycles. The highest BCUT2D eigenvalue weighted by molar-refractivity contribution is 6.30. The lowest BCUT2D eigenvalue weighted by molar-refractivity contribution is -0.138. The topological polar surface area (TPSA) is 29.5 Å². The molecule has 1 aromatic rings. The van der Waals surface area contributed by atoms with E-state index in [0.717, 1.165) is 17.0 Å². The van der Waals surface area contributed by atoms with Crippen LogP contribution >= 0.6 is 11.6 Å². The summed E-state index contributed by atoms with van der Waals surface area (Å²) in [5.41, 5.74) is 1.15. The van der Waals surface area contributed by atoms with Gasteiger partial charge in [-0.1, -0.05) is 23.7 Å². The molecule has 1 unspecified atom stereocenters. The summed E-state index contributed by atoms with van der Waals surface area (Å²) in [6, 6.07) is 7.66. The number of rotatable bonds is 3. The van der Waals surface area contributed by atoms with E-state index in [1.54, 1.807) is 0 Å². The molecule has 1 amide bonds. The Hall–Kier alpha value is -1.06. The van der Waals surface area contributed by atoms with Crippen molar-refractivity contribution in [2.45, 2.75) is 25.9 Å². The van der Waals surface area contributed by atoms with Crippen LogP contribution in [-0.2, 0) is 16.0 Å². The zero-order valence-electron chi connectivity index (χ0n) is 10.6. The van der Waals surface area contributed by atoms with Gasteiger partial charge >= 0.3 is 0 Å². The van der Waals surface area contributed by atoms with Crippen LogP contribution in [-0.4, -0.2) is 36.6 Å². The molecule has 0 radical (unpaired) electrons. The van der Waals surface area contributed by atoms with Crippen molar-refractivity contribution in [3.05, 3.63) is 34.9 Å². The van der Waals surface area contributed by atoms with E-state index in [2.05, 4.69) is 0 Å². The molecule has 18 heavy (non-hydrogen) atoms. The average Bonchev–Trinajstić information content (AvgIpc) is 2.38. The quantitative estimate of drug-likeness (QED) is 0.842. The van der Waals surface area contributed by atoms with E-state index in [9.17, 15) is 4.79 Å². The summed E-state index contributed by atoms with van der Waals surface area (Å²) in [6.45, 7) is 4.07. The van der Waals surface area contributed by atoms with Gasteiger partial charge in [-0.25, -0.2) is 0 Å². The van der Waals surface area contributed by atoms with Gasteiger partial charge in [0.25, 0.3) is 0 Å². The maximum absolute atomic E-state index is 12.0. The van der Waals surface area contributed by atoms with Gasteiger partial charge in [-0.3, -0.25) is 4.79 Å². The summed E-state index contributed by atoms with van der Waals surface area (Å²) in [5.74, 6) is 0.208. The maximum atomic E-state index is 12.0. The molecular weight excluding hydrogens is 250 g/mol. The number of carbonyl (C=O) groups is 1. The van der Waals surface area contributed by atoms with Gasteiger partial charge in [-0.2, -0.15) is 0 Å². The minimum atomic E-state index is 0.151. The molecule has 1 aliphatic rings. The van der Waals surface area contributed by atoms with Crippen molar-refractivity contribution in [1.29, 1.82) is 0 Å². The van der Waals surface area contributed by atoms with Gasteiger partial charge in [0, 0.05) is 24.5 Å². The number of benzene rings is 1. The Morgan fingerprint density at radius 3 is 2.83 bits per heavy atom. The summed E-state index contributed by atoms with van der Waals surface area (Å²) in [4.78, 5) is 13.9. The molecule has 1 aliphatic heterocycles. The van der Waals surface area contributed by atoms with Crippen LogP contribution in [0.4, 0.5) is 0 Å². The summed E-state index contributed by atoms with van der Waals surface area (Å²) in [6.07, 6.45) is 1.47. The fourth-order valence-electron chi connectivity index (χ4n) is 2.11. The number of hydrogen-bond acceptors (Lipinski definition) is 2. The highest BCUT2D eigenvalue weighted by atomic mass is 35.5. The van der Waals surface area contributed by atoms with Crippen molar-refractivity contribution in [1.82, 2.24) is 4.90 Å². The zero-order chi connectivity index (χ0) is 13.0. The van der Waals surface area contributed by atoms with Gasteiger partial charge in [0.05, 0.1) is 12.7 Å². The first-order chi connectivity index (χ1) is 8.65. The molecule has 3 nitrogen and oxygen atoms in total. The predicted octanol–water partition coefficient (Wildman–Crippen LogP) is 2.52. The van der Waals surface area contributed by atoms with Crippen LogP contribution < -0.4 is 0 Å². The van der Waals surface area contributed by atoms with Crippen molar-refractivity contribution in [3.63, 3.8) is 0 Å². The number of hydrogen-bond donors (Lipinski definition) is 0. The summed E-state index contributed by atoms with van der Waals surface area (Å²) in [5, 5.41) is 0.729. The second-order valence-electron chi connectivity index (χ2n) is 4.65. The Kier molecular flexibility index (Phi) is 4.61. The van der Waals surface area contributed by atoms with E-state index in [-0.39, 0.29) is 12.0 Å². The lowest BCUT2D eigenvalue weighted by atomic mass is 10.1. The van der Waals surface area contributed by atoms with E-state index in [1.807, 2.05) is 36.1 Å². The predicted molar refractivity (Wildman–Crippen MR) is 71.8 cm³/mol. The Balaban J connectivity index is 1.82. The van der Waals surface area contributed by atoms with Crippen LogP contribution in [0.5, 0.6) is 0 Å². The third kappa shape index (κ3) is 3.72. The lowest BCUT2D eigenvalue weighted by Crippen LogP contribution is -2.44. The van der Waals surface area contributed by atoms with E-state index < -0.39 is 0 Å². The van der Waals surface area contributed by atoms with E-state index >= 15 is 0 Å². The van der Waals surface area contributed by atoms with Crippen LogP contribution in [0.15, 0.2) is 24.3 Å². The highest BCUT2D eigenvalue weighted by Crippen LogP contribution is 2.12. The first kappa shape index (κ1) is 13.4. The van der Waals surface area contributed by atoms with Gasteiger partial charge in [0.1, 0.15) is 0 Å². The fraction of sp³-hybridized carbons (Fsp3) is 0.500. The van der Waals surface area contributed by atoms with E-state index in [0.29, 0.717) is 26.1 Å². The molecule has 0 bridgehead atoms. The molecule has 1 atom stereocenters. The number of carbonyl (C=O) groups excluding carboxylic acids is 1. The normalized spacial score (nSPS) is 19.9. The third-order valence-electron chi connectivity index (χ3n) is 3.13. The second kappa shape index (κ2) is 6.21. The molecule has 1 saturated heterocycles. The summed E-state index contributed by atoms with van der Waals surface area (Å²) in [7, 11) is 0. The van der Waals surface area contributed by atoms with Crippen molar-refractivity contribution >= 4 is 17.5 Å². The minimum absolute atomic E-state index is 0.151. The first-order valence-electron chi connectivity index (χ1n) is 6.29. The minimum Gasteiger partial charge on any atom is -0.375 e. The lowest BCUT2D eigenvalue weighted by Gasteiger charge is -2.31. The monoisotopic (exact) mass is 267 g/mol. The first-order valence-corrected chi connectivity index (χ1v) is 6.67. The molecule has 1 heterocycles. The number of amides is 1. The molecule has 0 saturated carbocycles. The summed E-state index contributed by atoms with van der Waals surface area (Å²) < 4.78 is 5.43. The second-order valence-corrected chi connectivity index (χ2v) is 5.08. The number of aryl methyl sites for hydroxylation is 1. The Morgan fingerprint density at radius 1 is 1.44 bits per heavy atom. The van der Waals surface area contributed by atoms with E-state index in [4.69, 9.17) is 16.3 Å². The van der Waals surface area contributed by atoms with Crippen LogP contribution in [0, 0.1) is 0 Å². The van der Waals surface area contributed by atoms with Crippen molar-refractivity contribution in [2.75, 3.05) is 19.7 Å². The molecule has 1 fully saturated rings. The van der Waals surface area contributed by atoms with Crippen molar-refractivity contribution < 1.29 is 9.53 Å². The smallest absolute Gasteiger partial charge is 0.223 e. The number of ether oxygens (including phenoxy) is 1. The Morgan fingerprint density at radius 2 is 2.17 bits per heavy atom. The molecule has 1 aromatic carbocycles. The largest absolute Gasteiger partial charge is 0.375 e. The number of morpholine rings is 1. The van der Waals surface area contributed by atoms with Gasteiger partial charge in [0.15, 0.2) is 0 Å². The molecule has 0 N–H and O–H groups in total. The average molecular weight is 268 g/mol. The van der Waals surface area contributed by atoms with Crippen LogP contribution in [0.2, 0.25) is 5.02 Å². The van der Waals surface area contributed by atoms with Crippen LogP contribution in [0.25, 0.3) is 0 Å². The zero-order valence-corrected chi connectivity index (χ0v) is 11.3. The summed E-state index contributed by atoms with van der Waals surface area (Å²) >= 11 is 5.82. The molecule has 4 heteroatoms. The third-order valence-corrected chi connectivity index (χ3v) is 3.39.